The van der Waals surface area contributed by atoms with E-state index in [1.165, 1.54) is 29.4 Å². The maximum absolute atomic E-state index is 12.8. The summed E-state index contributed by atoms with van der Waals surface area (Å²) in [7, 11) is 0. The van der Waals surface area contributed by atoms with Gasteiger partial charge in [0, 0.05) is 156 Å². The first kappa shape index (κ1) is 108. The van der Waals surface area contributed by atoms with Gasteiger partial charge in [-0.1, -0.05) is 12.1 Å². The summed E-state index contributed by atoms with van der Waals surface area (Å²) < 4.78 is 0. The molecule has 4 heterocycles. The van der Waals surface area contributed by atoms with E-state index < -0.39 is 184 Å². The molecule has 2 aromatic heterocycles. The molecule has 24 N–H and O–H groups in total. The smallest absolute Gasteiger partial charge is 0.480 e. The van der Waals surface area contributed by atoms with Crippen molar-refractivity contribution in [1.82, 2.24) is 71.3 Å². The van der Waals surface area contributed by atoms with Crippen LogP contribution in [0.5, 0.6) is 0 Å². The van der Waals surface area contributed by atoms with Gasteiger partial charge in [0.25, 0.3) is 0 Å². The van der Waals surface area contributed by atoms with E-state index in [9.17, 15) is 119 Å². The Bertz CT molecular complexity index is 2990. The van der Waals surface area contributed by atoms with Crippen molar-refractivity contribution in [2.24, 2.45) is 0 Å². The standard InChI is InChI=1S/2C35H57N7O15.2Gd/c2*43-19-24(46)14-36-30(49)7-4-27(33(52)53)40-10-12-41(28(34(54)55)5-8-31(50)37-15-25(47)20-44)17-22-2-1-3-23(39-22)18-42(13-11-40)29(35(56)57)6-9-32(51)38-16-26(48)21-45;;/h2*1-3,24-29,43-48H,4-21H2,(H,36,49)(H,37,50)(H,38,51)(H,52,53)(H,54,55)(H,56,57);;/q;;2*+3/t24?,25?,26?,27-,28-,29-;;;/m0.../s1. The van der Waals surface area contributed by atoms with Crippen LogP contribution in [0.15, 0.2) is 36.4 Å². The van der Waals surface area contributed by atoms with Crippen LogP contribution in [0.3, 0.4) is 0 Å². The second-order valence-electron chi connectivity index (χ2n) is 27.4. The van der Waals surface area contributed by atoms with Gasteiger partial charge in [-0.2, -0.15) is 0 Å². The Hall–Kier alpha value is -6.13. The van der Waals surface area contributed by atoms with Crippen LogP contribution in [0.2, 0.25) is 0 Å². The number of nitrogens with one attached hydrogen (secondary N) is 6. The number of hydrogen-bond acceptors (Lipinski definition) is 32. The minimum absolute atomic E-state index is 0. The molecule has 4 bridgehead atoms. The van der Waals surface area contributed by atoms with Crippen molar-refractivity contribution in [1.29, 1.82) is 0 Å². The fourth-order valence-corrected chi connectivity index (χ4v) is 12.2. The van der Waals surface area contributed by atoms with Crippen molar-refractivity contribution in [3.05, 3.63) is 59.2 Å². The molecule has 4 rings (SSSR count). The summed E-state index contributed by atoms with van der Waals surface area (Å²) >= 11 is 0. The van der Waals surface area contributed by atoms with E-state index in [0.717, 1.165) is 0 Å². The average molecular weight is 1950 g/mol. The molecule has 116 heavy (non-hydrogen) atoms. The zero-order valence-corrected chi connectivity index (χ0v) is 68.6. The maximum Gasteiger partial charge on any atom is 3.00 e. The van der Waals surface area contributed by atoms with Gasteiger partial charge in [0.05, 0.1) is 99.0 Å². The van der Waals surface area contributed by atoms with E-state index in [1.54, 1.807) is 36.4 Å². The van der Waals surface area contributed by atoms with Crippen LogP contribution in [-0.2, 0) is 83.7 Å². The number of aliphatic hydroxyl groups excluding tert-OH is 12. The van der Waals surface area contributed by atoms with Crippen LogP contribution in [-0.4, -0.2) is 407 Å². The summed E-state index contributed by atoms with van der Waals surface area (Å²) in [5, 5.41) is 188. The fraction of sp³-hybridized carbons (Fsp3) is 0.686. The number of hydrogen-bond donors (Lipinski definition) is 24. The Balaban J connectivity index is 0.00000114. The Labute approximate surface area is 732 Å². The Morgan fingerprint density at radius 1 is 0.276 bits per heavy atom. The Morgan fingerprint density at radius 3 is 0.569 bits per heavy atom. The molecule has 9 unspecified atom stereocenters. The SMILES string of the molecule is O=C(CCC(C(=O)O)N1CCN(C(CCC(=O)NCC(O)CO)C(=O)O)Cc2cccc(n2)CN(C(CCC(=O)NCC(O)CO)C(=O)O)CC1)NCC(O)CO.O=C(CC[C@@H](C(=O)O)N1CCN([C@@H](CCC(=O)NCC(O)CO)C(=O)O)Cc2cccc(n2)CN([C@@H](CCC(=O)NCC(O)CO)C(=O)O)CC1)NCC(O)CO.[Gd+3].[Gd+3]. The van der Waals surface area contributed by atoms with Gasteiger partial charge >= 0.3 is 116 Å². The van der Waals surface area contributed by atoms with Gasteiger partial charge in [-0.3, -0.25) is 96.9 Å². The van der Waals surface area contributed by atoms with E-state index in [1.807, 2.05) is 0 Å². The van der Waals surface area contributed by atoms with Crippen LogP contribution in [0.25, 0.3) is 0 Å². The molecule has 2 aromatic rings. The van der Waals surface area contributed by atoms with Crippen molar-refractivity contribution in [2.45, 2.75) is 176 Å². The number of rotatable bonds is 48. The molecular formula is C70H114Gd2N14O30+6. The molecule has 12 atom stereocenters. The van der Waals surface area contributed by atoms with E-state index in [2.05, 4.69) is 41.9 Å². The first-order chi connectivity index (χ1) is 54.1. The third kappa shape index (κ3) is 42.7. The number of carboxylic acid groups (broad SMARTS) is 6. The quantitative estimate of drug-likeness (QED) is 0.0293. The summed E-state index contributed by atoms with van der Waals surface area (Å²) in [5.41, 5.74) is 1.52. The first-order valence-corrected chi connectivity index (χ1v) is 37.2. The van der Waals surface area contributed by atoms with Crippen LogP contribution in [0.4, 0.5) is 0 Å². The number of aliphatic carboxylic acids is 6. The monoisotopic (exact) mass is 1950 g/mol. The molecule has 2 aliphatic rings. The van der Waals surface area contributed by atoms with Crippen molar-refractivity contribution in [2.75, 3.05) is 131 Å². The van der Waals surface area contributed by atoms with Crippen LogP contribution in [0, 0.1) is 79.9 Å². The van der Waals surface area contributed by atoms with Crippen LogP contribution >= 0.6 is 0 Å². The topological polar surface area (TPSA) is 686 Å². The van der Waals surface area contributed by atoms with Crippen LogP contribution in [0.1, 0.15) is 99.8 Å². The minimum atomic E-state index is -1.35. The molecule has 44 nitrogen and oxygen atoms in total. The summed E-state index contributed by atoms with van der Waals surface area (Å²) in [6.45, 7) is -6.26. The molecule has 2 radical (unpaired) electrons. The normalized spacial score (nSPS) is 17.4. The van der Waals surface area contributed by atoms with E-state index in [4.69, 9.17) is 30.6 Å². The van der Waals surface area contributed by atoms with Gasteiger partial charge in [0.2, 0.25) is 35.4 Å². The molecule has 0 saturated heterocycles. The maximum atomic E-state index is 12.8. The number of nitrogens with zero attached hydrogens (tertiary/aromatic N) is 8. The predicted molar refractivity (Wildman–Crippen MR) is 394 cm³/mol. The zero-order valence-electron chi connectivity index (χ0n) is 64.1. The largest absolute Gasteiger partial charge is 3.00 e. The number of pyridine rings is 2. The minimum Gasteiger partial charge on any atom is -0.480 e. The molecule has 0 saturated carbocycles. The summed E-state index contributed by atoms with van der Waals surface area (Å²) in [6.07, 6.45) is -10.3. The second kappa shape index (κ2) is 59.5. The molecule has 0 aromatic carbocycles. The van der Waals surface area contributed by atoms with Gasteiger partial charge in [0.15, 0.2) is 0 Å². The van der Waals surface area contributed by atoms with Gasteiger partial charge < -0.3 is 124 Å². The van der Waals surface area contributed by atoms with Crippen molar-refractivity contribution < 1.29 is 229 Å². The molecule has 0 spiro atoms. The third-order valence-electron chi connectivity index (χ3n) is 18.6. The second-order valence-corrected chi connectivity index (χ2v) is 27.4. The number of carboxylic acids is 6. The molecule has 654 valence electrons. The van der Waals surface area contributed by atoms with Gasteiger partial charge in [-0.15, -0.1) is 0 Å². The summed E-state index contributed by atoms with van der Waals surface area (Å²) in [6, 6.07) is 1.99. The van der Waals surface area contributed by atoms with Gasteiger partial charge in [-0.05, 0) is 62.8 Å². The molecule has 0 fully saturated rings. The fourth-order valence-electron chi connectivity index (χ4n) is 12.2. The molecule has 2 aliphatic heterocycles. The zero-order chi connectivity index (χ0) is 85.0. The van der Waals surface area contributed by atoms with E-state index in [0.29, 0.717) is 22.8 Å². The number of aliphatic hydroxyl groups is 12. The number of fused-ring (bicyclic) bond motifs is 4. The molecular weight excluding hydrogens is 1830 g/mol. The number of carbonyl (C=O) groups is 12. The van der Waals surface area contributed by atoms with Crippen molar-refractivity contribution in [3.63, 3.8) is 0 Å². The van der Waals surface area contributed by atoms with Gasteiger partial charge in [0.1, 0.15) is 36.3 Å². The molecule has 6 amide bonds. The Kier molecular flexibility index (Phi) is 55.4. The number of aromatic nitrogens is 2. The molecule has 0 aliphatic carbocycles. The van der Waals surface area contributed by atoms with Gasteiger partial charge in [-0.25, -0.2) is 0 Å². The van der Waals surface area contributed by atoms with Crippen molar-refractivity contribution in [3.8, 4) is 0 Å². The van der Waals surface area contributed by atoms with E-state index in [-0.39, 0.29) is 275 Å². The molecule has 46 heteroatoms. The van der Waals surface area contributed by atoms with E-state index >= 15 is 0 Å². The number of amides is 6. The Morgan fingerprint density at radius 2 is 0.422 bits per heavy atom. The average Bonchev–Trinajstić information content (AvgIpc) is 0.833. The summed E-state index contributed by atoms with van der Waals surface area (Å²) in [5.74, 6) is -11.3. The van der Waals surface area contributed by atoms with Crippen LogP contribution < -0.4 is 31.9 Å². The first-order valence-electron chi connectivity index (χ1n) is 37.2. The predicted octanol–water partition coefficient (Wildman–Crippen LogP) is -9.78. The third-order valence-corrected chi connectivity index (χ3v) is 18.6. The number of carbonyl (C=O) groups excluding carboxylic acids is 6. The summed E-state index contributed by atoms with van der Waals surface area (Å²) in [4.78, 5) is 170. The van der Waals surface area contributed by atoms with Crippen molar-refractivity contribution >= 4 is 71.3 Å².